The fourth-order valence-corrected chi connectivity index (χ4v) is 6.24. The first-order valence-electron chi connectivity index (χ1n) is 8.99. The zero-order valence-electron chi connectivity index (χ0n) is 15.7. The number of nitrogens with one attached hydrogen (secondary N) is 1. The number of benzene rings is 2. The summed E-state index contributed by atoms with van der Waals surface area (Å²) in [6.07, 6.45) is 0.361. The largest absolute Gasteiger partial charge is 0.493 e. The van der Waals surface area contributed by atoms with Crippen molar-refractivity contribution >= 4 is 21.6 Å². The summed E-state index contributed by atoms with van der Waals surface area (Å²) in [5, 5.41) is 2.75. The molecular weight excluding hydrogens is 380 g/mol. The summed E-state index contributed by atoms with van der Waals surface area (Å²) in [7, 11) is -0.708. The van der Waals surface area contributed by atoms with Gasteiger partial charge >= 0.3 is 0 Å². The van der Waals surface area contributed by atoms with Crippen molar-refractivity contribution in [1.82, 2.24) is 4.31 Å². The third-order valence-corrected chi connectivity index (χ3v) is 8.06. The van der Waals surface area contributed by atoms with Crippen LogP contribution in [0.2, 0.25) is 0 Å². The molecule has 0 bridgehead atoms. The van der Waals surface area contributed by atoms with Crippen LogP contribution in [-0.4, -0.2) is 44.1 Å². The van der Waals surface area contributed by atoms with Gasteiger partial charge in [-0.1, -0.05) is 30.3 Å². The van der Waals surface area contributed by atoms with Gasteiger partial charge in [-0.05, 0) is 24.1 Å². The third-order valence-electron chi connectivity index (χ3n) is 5.50. The van der Waals surface area contributed by atoms with Gasteiger partial charge in [0.25, 0.3) is 0 Å². The Morgan fingerprint density at radius 2 is 1.86 bits per heavy atom. The number of carbonyl (C=O) groups excluding carboxylic acids is 1. The minimum absolute atomic E-state index is 0.179. The molecule has 7 nitrogen and oxygen atoms in total. The fourth-order valence-electron chi connectivity index (χ4n) is 3.89. The van der Waals surface area contributed by atoms with E-state index in [2.05, 4.69) is 5.32 Å². The van der Waals surface area contributed by atoms with Crippen molar-refractivity contribution in [2.75, 3.05) is 26.1 Å². The maximum absolute atomic E-state index is 13.1. The lowest BCUT2D eigenvalue weighted by atomic mass is 10.2. The summed E-state index contributed by atoms with van der Waals surface area (Å²) >= 11 is 0. The van der Waals surface area contributed by atoms with E-state index in [0.717, 1.165) is 5.56 Å². The van der Waals surface area contributed by atoms with Gasteiger partial charge in [-0.25, -0.2) is 8.42 Å². The minimum atomic E-state index is -3.73. The maximum atomic E-state index is 13.1. The van der Waals surface area contributed by atoms with Gasteiger partial charge in [0.1, 0.15) is 0 Å². The van der Waals surface area contributed by atoms with Crippen molar-refractivity contribution in [2.24, 2.45) is 5.92 Å². The highest BCUT2D eigenvalue weighted by atomic mass is 32.2. The average molecular weight is 402 g/mol. The van der Waals surface area contributed by atoms with Crippen molar-refractivity contribution in [3.8, 4) is 11.5 Å². The monoisotopic (exact) mass is 402 g/mol. The van der Waals surface area contributed by atoms with Gasteiger partial charge in [0, 0.05) is 30.8 Å². The molecule has 1 aliphatic heterocycles. The van der Waals surface area contributed by atoms with Gasteiger partial charge in [0.2, 0.25) is 15.9 Å². The molecule has 2 fully saturated rings. The van der Waals surface area contributed by atoms with Crippen molar-refractivity contribution in [2.45, 2.75) is 17.7 Å². The van der Waals surface area contributed by atoms with Crippen LogP contribution in [0.3, 0.4) is 0 Å². The maximum Gasteiger partial charge on any atom is 0.247 e. The number of hydrogen-bond acceptors (Lipinski definition) is 5. The third kappa shape index (κ3) is 2.84. The molecular formula is C20H22N2O5S. The van der Waals surface area contributed by atoms with Crippen LogP contribution in [0.25, 0.3) is 0 Å². The normalized spacial score (nSPS) is 25.0. The van der Waals surface area contributed by atoms with Crippen LogP contribution in [0.1, 0.15) is 12.0 Å². The molecule has 2 aromatic rings. The second kappa shape index (κ2) is 6.79. The number of nitrogens with zero attached hydrogens (tertiary/aromatic N) is 1. The van der Waals surface area contributed by atoms with E-state index in [1.807, 2.05) is 30.3 Å². The fraction of sp³-hybridized carbons (Fsp3) is 0.350. The lowest BCUT2D eigenvalue weighted by Gasteiger charge is -2.21. The first kappa shape index (κ1) is 18.8. The van der Waals surface area contributed by atoms with Crippen LogP contribution in [0.15, 0.2) is 48.5 Å². The Kier molecular flexibility index (Phi) is 4.55. The molecule has 1 amide bonds. The number of methoxy groups -OCH3 is 2. The van der Waals surface area contributed by atoms with Crippen LogP contribution in [0.5, 0.6) is 11.5 Å². The molecule has 2 atom stereocenters. The van der Waals surface area contributed by atoms with E-state index in [1.165, 1.54) is 18.5 Å². The van der Waals surface area contributed by atoms with Crippen LogP contribution in [-0.2, 0) is 21.4 Å². The number of hydrogen-bond donors (Lipinski definition) is 1. The van der Waals surface area contributed by atoms with Gasteiger partial charge in [-0.2, -0.15) is 4.31 Å². The summed E-state index contributed by atoms with van der Waals surface area (Å²) in [4.78, 5) is 13.0. The molecule has 1 saturated carbocycles. The Morgan fingerprint density at radius 3 is 2.54 bits per heavy atom. The molecule has 148 valence electrons. The SMILES string of the molecule is COc1ccc(NC(=O)[C@]23C[C@@H]2CN(Cc2ccccc2)S3(=O)=O)cc1OC. The molecule has 1 N–H and O–H groups in total. The second-order valence-electron chi connectivity index (χ2n) is 7.10. The molecule has 1 aliphatic carbocycles. The zero-order chi connectivity index (χ0) is 19.9. The molecule has 1 heterocycles. The summed E-state index contributed by atoms with van der Waals surface area (Å²) in [5.74, 6) is 0.331. The Hall–Kier alpha value is -2.58. The van der Waals surface area contributed by atoms with E-state index in [9.17, 15) is 13.2 Å². The molecule has 1 saturated heterocycles. The number of fused-ring (bicyclic) bond motifs is 1. The van der Waals surface area contributed by atoms with E-state index < -0.39 is 20.7 Å². The topological polar surface area (TPSA) is 84.9 Å². The van der Waals surface area contributed by atoms with Gasteiger partial charge in [-0.15, -0.1) is 0 Å². The molecule has 2 aromatic carbocycles. The molecule has 0 radical (unpaired) electrons. The van der Waals surface area contributed by atoms with Gasteiger partial charge < -0.3 is 14.8 Å². The lowest BCUT2D eigenvalue weighted by molar-refractivity contribution is -0.116. The lowest BCUT2D eigenvalue weighted by Crippen LogP contribution is -2.41. The summed E-state index contributed by atoms with van der Waals surface area (Å²) in [5.41, 5.74) is 1.38. The van der Waals surface area contributed by atoms with Crippen LogP contribution in [0, 0.1) is 5.92 Å². The highest BCUT2D eigenvalue weighted by Gasteiger charge is 2.75. The van der Waals surface area contributed by atoms with Crippen molar-refractivity contribution < 1.29 is 22.7 Å². The number of anilines is 1. The Labute approximate surface area is 164 Å². The predicted molar refractivity (Wildman–Crippen MR) is 105 cm³/mol. The van der Waals surface area contributed by atoms with Crippen molar-refractivity contribution in [1.29, 1.82) is 0 Å². The molecule has 4 rings (SSSR count). The van der Waals surface area contributed by atoms with Crippen LogP contribution < -0.4 is 14.8 Å². The highest BCUT2D eigenvalue weighted by molar-refractivity contribution is 7.92. The van der Waals surface area contributed by atoms with Crippen molar-refractivity contribution in [3.63, 3.8) is 0 Å². The molecule has 28 heavy (non-hydrogen) atoms. The van der Waals surface area contributed by atoms with E-state index in [4.69, 9.17) is 9.47 Å². The summed E-state index contributed by atoms with van der Waals surface area (Å²) in [6.45, 7) is 0.654. The van der Waals surface area contributed by atoms with Crippen molar-refractivity contribution in [3.05, 3.63) is 54.1 Å². The number of rotatable bonds is 6. The van der Waals surface area contributed by atoms with E-state index in [0.29, 0.717) is 30.2 Å². The molecule has 0 aromatic heterocycles. The molecule has 0 spiro atoms. The minimum Gasteiger partial charge on any atom is -0.493 e. The highest BCUT2D eigenvalue weighted by Crippen LogP contribution is 2.58. The van der Waals surface area contributed by atoms with Gasteiger partial charge in [-0.3, -0.25) is 4.79 Å². The molecule has 2 aliphatic rings. The van der Waals surface area contributed by atoms with E-state index in [-0.39, 0.29) is 12.5 Å². The second-order valence-corrected chi connectivity index (χ2v) is 9.29. The van der Waals surface area contributed by atoms with Crippen LogP contribution >= 0.6 is 0 Å². The standard InChI is InChI=1S/C20H22N2O5S/c1-26-17-9-8-16(10-18(17)27-2)21-19(23)20-11-15(20)13-22(28(20,24)25)12-14-6-4-3-5-7-14/h3-10,15H,11-13H2,1-2H3,(H,21,23)/t15-,20+/m1/s1. The molecule has 0 unspecified atom stereocenters. The summed E-state index contributed by atoms with van der Waals surface area (Å²) in [6, 6.07) is 14.4. The number of carbonyl (C=O) groups is 1. The van der Waals surface area contributed by atoms with Gasteiger partial charge in [0.05, 0.1) is 14.2 Å². The number of sulfonamides is 1. The van der Waals surface area contributed by atoms with E-state index in [1.54, 1.807) is 18.2 Å². The first-order valence-corrected chi connectivity index (χ1v) is 10.4. The quantitative estimate of drug-likeness (QED) is 0.801. The van der Waals surface area contributed by atoms with Crippen LogP contribution in [0.4, 0.5) is 5.69 Å². The summed E-state index contributed by atoms with van der Waals surface area (Å²) < 4.78 is 36.8. The number of ether oxygens (including phenoxy) is 2. The van der Waals surface area contributed by atoms with Gasteiger partial charge in [0.15, 0.2) is 16.2 Å². The smallest absolute Gasteiger partial charge is 0.247 e. The first-order chi connectivity index (χ1) is 13.4. The Morgan fingerprint density at radius 1 is 1.14 bits per heavy atom. The zero-order valence-corrected chi connectivity index (χ0v) is 16.5. The predicted octanol–water partition coefficient (Wildman–Crippen LogP) is 2.25. The number of amides is 1. The van der Waals surface area contributed by atoms with E-state index >= 15 is 0 Å². The Balaban J connectivity index is 1.54. The molecule has 8 heteroatoms. The average Bonchev–Trinajstić information content (AvgIpc) is 3.39. The Bertz CT molecular complexity index is 1010.